The van der Waals surface area contributed by atoms with Gasteiger partial charge in [0.15, 0.2) is 0 Å². The summed E-state index contributed by atoms with van der Waals surface area (Å²) in [5.41, 5.74) is 1.91. The quantitative estimate of drug-likeness (QED) is 0.592. The third-order valence-corrected chi connectivity index (χ3v) is 4.67. The van der Waals surface area contributed by atoms with Gasteiger partial charge in [0.25, 0.3) is 0 Å². The highest BCUT2D eigenvalue weighted by molar-refractivity contribution is 5.87. The summed E-state index contributed by atoms with van der Waals surface area (Å²) < 4.78 is 4.77. The predicted octanol–water partition coefficient (Wildman–Crippen LogP) is 3.16. The number of carbonyl (C=O) groups excluding carboxylic acids is 2. The number of nitrogens with zero attached hydrogens (tertiary/aromatic N) is 2. The minimum absolute atomic E-state index is 0.0139. The van der Waals surface area contributed by atoms with Crippen molar-refractivity contribution in [1.29, 1.82) is 0 Å². The molecule has 0 heterocycles. The Kier molecular flexibility index (Phi) is 8.69. The molecule has 0 N–H and O–H groups in total. The molecule has 0 aliphatic carbocycles. The summed E-state index contributed by atoms with van der Waals surface area (Å²) in [6.45, 7) is 1.84. The van der Waals surface area contributed by atoms with E-state index in [1.54, 1.807) is 4.90 Å². The fourth-order valence-electron chi connectivity index (χ4n) is 3.19. The molecule has 28 heavy (non-hydrogen) atoms. The maximum atomic E-state index is 13.6. The van der Waals surface area contributed by atoms with E-state index in [9.17, 15) is 9.59 Å². The van der Waals surface area contributed by atoms with Crippen molar-refractivity contribution < 1.29 is 14.3 Å². The zero-order valence-electron chi connectivity index (χ0n) is 17.0. The third-order valence-electron chi connectivity index (χ3n) is 4.67. The number of amides is 1. The third kappa shape index (κ3) is 6.50. The number of carbonyl (C=O) groups is 2. The van der Waals surface area contributed by atoms with Crippen LogP contribution in [0.15, 0.2) is 60.7 Å². The van der Waals surface area contributed by atoms with Crippen molar-refractivity contribution in [3.63, 3.8) is 0 Å². The molecule has 5 heteroatoms. The van der Waals surface area contributed by atoms with Gasteiger partial charge < -0.3 is 14.5 Å². The maximum Gasteiger partial charge on any atom is 0.307 e. The summed E-state index contributed by atoms with van der Waals surface area (Å²) in [7, 11) is 5.39. The summed E-state index contributed by atoms with van der Waals surface area (Å²) in [4.78, 5) is 29.1. The Hall–Kier alpha value is -2.66. The van der Waals surface area contributed by atoms with Crippen LogP contribution in [0.3, 0.4) is 0 Å². The maximum absolute atomic E-state index is 13.6. The Labute approximate surface area is 167 Å². The molecule has 0 aromatic heterocycles. The van der Waals surface area contributed by atoms with Crippen LogP contribution in [0.4, 0.5) is 0 Å². The average molecular weight is 383 g/mol. The van der Waals surface area contributed by atoms with E-state index < -0.39 is 0 Å². The van der Waals surface area contributed by atoms with Crippen molar-refractivity contribution in [3.8, 4) is 0 Å². The van der Waals surface area contributed by atoms with Crippen LogP contribution in [0, 0.1) is 0 Å². The lowest BCUT2D eigenvalue weighted by Crippen LogP contribution is -2.38. The Morgan fingerprint density at radius 2 is 1.39 bits per heavy atom. The topological polar surface area (TPSA) is 49.9 Å². The summed E-state index contributed by atoms with van der Waals surface area (Å²) in [5.74, 6) is -0.680. The highest BCUT2D eigenvalue weighted by Crippen LogP contribution is 2.27. The molecule has 0 saturated heterocycles. The van der Waals surface area contributed by atoms with Gasteiger partial charge in [0, 0.05) is 13.1 Å². The Bertz CT molecular complexity index is 693. The van der Waals surface area contributed by atoms with E-state index in [4.69, 9.17) is 4.74 Å². The van der Waals surface area contributed by atoms with Crippen LogP contribution in [-0.2, 0) is 14.3 Å². The van der Waals surface area contributed by atoms with E-state index in [1.807, 2.05) is 74.8 Å². The smallest absolute Gasteiger partial charge is 0.307 e. The fraction of sp³-hybridized carbons (Fsp3) is 0.391. The van der Waals surface area contributed by atoms with Crippen LogP contribution in [0.2, 0.25) is 0 Å². The standard InChI is InChI=1S/C23H30N2O3/c1-24(2)16-10-17-25(18-15-21(26)28-3)23(27)22(19-11-6-4-7-12-19)20-13-8-5-9-14-20/h4-9,11-14,22H,10,15-18H2,1-3H3. The summed E-state index contributed by atoms with van der Waals surface area (Å²) in [6, 6.07) is 19.6. The molecule has 0 aliphatic heterocycles. The summed E-state index contributed by atoms with van der Waals surface area (Å²) >= 11 is 0. The van der Waals surface area contributed by atoms with Gasteiger partial charge in [-0.3, -0.25) is 9.59 Å². The van der Waals surface area contributed by atoms with Gasteiger partial charge in [0.05, 0.1) is 19.4 Å². The molecular formula is C23H30N2O3. The van der Waals surface area contributed by atoms with Gasteiger partial charge in [-0.2, -0.15) is 0 Å². The zero-order valence-corrected chi connectivity index (χ0v) is 17.0. The van der Waals surface area contributed by atoms with E-state index in [1.165, 1.54) is 7.11 Å². The average Bonchev–Trinajstić information content (AvgIpc) is 2.71. The van der Waals surface area contributed by atoms with Gasteiger partial charge in [-0.05, 0) is 38.2 Å². The van der Waals surface area contributed by atoms with Crippen molar-refractivity contribution in [2.45, 2.75) is 18.8 Å². The zero-order chi connectivity index (χ0) is 20.4. The Morgan fingerprint density at radius 1 is 0.857 bits per heavy atom. The highest BCUT2D eigenvalue weighted by Gasteiger charge is 2.27. The lowest BCUT2D eigenvalue weighted by Gasteiger charge is -2.28. The lowest BCUT2D eigenvalue weighted by molar-refractivity contribution is -0.141. The number of ether oxygens (including phenoxy) is 1. The van der Waals surface area contributed by atoms with E-state index in [2.05, 4.69) is 4.90 Å². The molecule has 2 aromatic carbocycles. The second-order valence-corrected chi connectivity index (χ2v) is 7.06. The van der Waals surface area contributed by atoms with Gasteiger partial charge in [0.2, 0.25) is 5.91 Å². The van der Waals surface area contributed by atoms with Crippen LogP contribution < -0.4 is 0 Å². The molecule has 150 valence electrons. The minimum Gasteiger partial charge on any atom is -0.469 e. The Balaban J connectivity index is 2.28. The highest BCUT2D eigenvalue weighted by atomic mass is 16.5. The molecule has 1 amide bonds. The van der Waals surface area contributed by atoms with Gasteiger partial charge in [-0.25, -0.2) is 0 Å². The monoisotopic (exact) mass is 382 g/mol. The van der Waals surface area contributed by atoms with E-state index in [0.717, 1.165) is 24.1 Å². The van der Waals surface area contributed by atoms with Crippen molar-refractivity contribution in [2.24, 2.45) is 0 Å². The van der Waals surface area contributed by atoms with Crippen molar-refractivity contribution >= 4 is 11.9 Å². The van der Waals surface area contributed by atoms with Crippen LogP contribution >= 0.6 is 0 Å². The molecule has 0 fully saturated rings. The van der Waals surface area contributed by atoms with Crippen molar-refractivity contribution in [1.82, 2.24) is 9.80 Å². The first kappa shape index (κ1) is 21.6. The van der Waals surface area contributed by atoms with E-state index in [-0.39, 0.29) is 24.2 Å². The van der Waals surface area contributed by atoms with Gasteiger partial charge in [-0.1, -0.05) is 60.7 Å². The van der Waals surface area contributed by atoms with E-state index in [0.29, 0.717) is 13.1 Å². The first-order valence-corrected chi connectivity index (χ1v) is 9.63. The fourth-order valence-corrected chi connectivity index (χ4v) is 3.19. The molecule has 0 saturated carbocycles. The molecule has 0 spiro atoms. The molecule has 0 unspecified atom stereocenters. The number of esters is 1. The molecule has 5 nitrogen and oxygen atoms in total. The van der Waals surface area contributed by atoms with Crippen molar-refractivity contribution in [3.05, 3.63) is 71.8 Å². The van der Waals surface area contributed by atoms with Crippen LogP contribution in [0.1, 0.15) is 29.9 Å². The molecular weight excluding hydrogens is 352 g/mol. The lowest BCUT2D eigenvalue weighted by atomic mass is 9.90. The van der Waals surface area contributed by atoms with Gasteiger partial charge in [-0.15, -0.1) is 0 Å². The largest absolute Gasteiger partial charge is 0.469 e. The summed E-state index contributed by atoms with van der Waals surface area (Å²) in [6.07, 6.45) is 1.04. The molecule has 2 rings (SSSR count). The predicted molar refractivity (Wildman–Crippen MR) is 111 cm³/mol. The van der Waals surface area contributed by atoms with E-state index >= 15 is 0 Å². The van der Waals surface area contributed by atoms with Gasteiger partial charge >= 0.3 is 5.97 Å². The van der Waals surface area contributed by atoms with Crippen LogP contribution in [0.5, 0.6) is 0 Å². The molecule has 0 atom stereocenters. The second-order valence-electron chi connectivity index (χ2n) is 7.06. The number of benzene rings is 2. The Morgan fingerprint density at radius 3 is 1.86 bits per heavy atom. The first-order chi connectivity index (χ1) is 13.5. The molecule has 0 aliphatic rings. The van der Waals surface area contributed by atoms with Gasteiger partial charge in [0.1, 0.15) is 0 Å². The number of hydrogen-bond acceptors (Lipinski definition) is 4. The SMILES string of the molecule is COC(=O)CCN(CCCN(C)C)C(=O)C(c1ccccc1)c1ccccc1. The molecule has 0 bridgehead atoms. The minimum atomic E-state index is -0.389. The van der Waals surface area contributed by atoms with Crippen LogP contribution in [0.25, 0.3) is 0 Å². The number of rotatable bonds is 10. The first-order valence-electron chi connectivity index (χ1n) is 9.63. The summed E-state index contributed by atoms with van der Waals surface area (Å²) in [5, 5.41) is 0. The second kappa shape index (κ2) is 11.2. The number of methoxy groups -OCH3 is 1. The normalized spacial score (nSPS) is 10.9. The molecule has 0 radical (unpaired) electrons. The van der Waals surface area contributed by atoms with Crippen molar-refractivity contribution in [2.75, 3.05) is 40.8 Å². The number of hydrogen-bond donors (Lipinski definition) is 0. The van der Waals surface area contributed by atoms with Crippen LogP contribution in [-0.4, -0.2) is 62.5 Å². The molecule has 2 aromatic rings.